The Hall–Kier alpha value is -0.380. The molecule has 0 aromatic carbocycles. The van der Waals surface area contributed by atoms with E-state index in [0.717, 1.165) is 19.0 Å². The van der Waals surface area contributed by atoms with Crippen molar-refractivity contribution in [3.8, 4) is 0 Å². The van der Waals surface area contributed by atoms with Crippen molar-refractivity contribution in [2.75, 3.05) is 26.2 Å². The van der Waals surface area contributed by atoms with Gasteiger partial charge in [-0.25, -0.2) is 0 Å². The molecule has 1 N–H and O–H groups in total. The topological polar surface area (TPSA) is 15.3 Å². The molecule has 1 aromatic rings. The van der Waals surface area contributed by atoms with Crippen LogP contribution in [0.3, 0.4) is 0 Å². The molecular formula is C14H24N2S. The summed E-state index contributed by atoms with van der Waals surface area (Å²) in [5, 5.41) is 5.68. The van der Waals surface area contributed by atoms with Crippen LogP contribution in [0, 0.1) is 12.8 Å². The molecule has 0 aliphatic carbocycles. The van der Waals surface area contributed by atoms with Crippen LogP contribution in [0.1, 0.15) is 30.2 Å². The van der Waals surface area contributed by atoms with E-state index >= 15 is 0 Å². The zero-order valence-corrected chi connectivity index (χ0v) is 11.9. The molecule has 2 rings (SSSR count). The number of nitrogens with one attached hydrogen (secondary N) is 1. The maximum absolute atomic E-state index is 3.47. The average Bonchev–Trinajstić information content (AvgIpc) is 2.74. The second kappa shape index (κ2) is 6.53. The van der Waals surface area contributed by atoms with Crippen LogP contribution in [0.25, 0.3) is 0 Å². The molecule has 2 nitrogen and oxygen atoms in total. The fourth-order valence-corrected chi connectivity index (χ4v) is 3.41. The molecule has 0 saturated carbocycles. The Labute approximate surface area is 109 Å². The lowest BCUT2D eigenvalue weighted by molar-refractivity contribution is 0.177. The first-order chi connectivity index (χ1) is 8.29. The third-order valence-corrected chi connectivity index (χ3v) is 4.73. The number of likely N-dealkylation sites (tertiary alicyclic amines) is 1. The Morgan fingerprint density at radius 3 is 2.76 bits per heavy atom. The van der Waals surface area contributed by atoms with E-state index in [1.807, 2.05) is 11.3 Å². The van der Waals surface area contributed by atoms with Crippen LogP contribution in [0.2, 0.25) is 0 Å². The predicted molar refractivity (Wildman–Crippen MR) is 75.6 cm³/mol. The van der Waals surface area contributed by atoms with E-state index in [2.05, 4.69) is 35.5 Å². The minimum atomic E-state index is 0.899. The smallest absolute Gasteiger partial charge is 0.0330 e. The molecule has 0 spiro atoms. The highest BCUT2D eigenvalue weighted by Gasteiger charge is 2.19. The van der Waals surface area contributed by atoms with Crippen LogP contribution in [0.15, 0.2) is 11.4 Å². The van der Waals surface area contributed by atoms with Crippen LogP contribution < -0.4 is 5.32 Å². The van der Waals surface area contributed by atoms with Gasteiger partial charge in [-0.1, -0.05) is 6.92 Å². The van der Waals surface area contributed by atoms with Crippen LogP contribution in [0.5, 0.6) is 0 Å². The molecule has 0 atom stereocenters. The number of hydrogen-bond donors (Lipinski definition) is 1. The number of hydrogen-bond acceptors (Lipinski definition) is 3. The third-order valence-electron chi connectivity index (χ3n) is 3.73. The molecule has 1 aliphatic rings. The van der Waals surface area contributed by atoms with Crippen molar-refractivity contribution in [3.05, 3.63) is 21.9 Å². The summed E-state index contributed by atoms with van der Waals surface area (Å²) in [5.74, 6) is 0.899. The van der Waals surface area contributed by atoms with Gasteiger partial charge in [0.2, 0.25) is 0 Å². The number of thiophene rings is 1. The van der Waals surface area contributed by atoms with E-state index in [1.165, 1.54) is 38.0 Å². The Bertz CT molecular complexity index is 327. The summed E-state index contributed by atoms with van der Waals surface area (Å²) in [4.78, 5) is 4.16. The second-order valence-electron chi connectivity index (χ2n) is 5.05. The van der Waals surface area contributed by atoms with Gasteiger partial charge in [0.15, 0.2) is 0 Å². The van der Waals surface area contributed by atoms with E-state index in [0.29, 0.717) is 0 Å². The van der Waals surface area contributed by atoms with Crippen molar-refractivity contribution >= 4 is 11.3 Å². The van der Waals surface area contributed by atoms with Gasteiger partial charge >= 0.3 is 0 Å². The molecule has 1 saturated heterocycles. The summed E-state index contributed by atoms with van der Waals surface area (Å²) in [6.07, 6.45) is 2.72. The zero-order valence-electron chi connectivity index (χ0n) is 11.0. The summed E-state index contributed by atoms with van der Waals surface area (Å²) in [6.45, 7) is 10.4. The third kappa shape index (κ3) is 3.80. The highest BCUT2D eigenvalue weighted by Crippen LogP contribution is 2.22. The molecule has 96 valence electrons. The van der Waals surface area contributed by atoms with E-state index in [-0.39, 0.29) is 0 Å². The second-order valence-corrected chi connectivity index (χ2v) is 6.05. The quantitative estimate of drug-likeness (QED) is 0.867. The van der Waals surface area contributed by atoms with Gasteiger partial charge in [0.1, 0.15) is 0 Å². The molecule has 0 bridgehead atoms. The molecular weight excluding hydrogens is 228 g/mol. The maximum Gasteiger partial charge on any atom is 0.0330 e. The maximum atomic E-state index is 3.47. The standard InChI is InChI=1S/C14H24N2S/c1-3-15-10-13-4-7-16(8-5-13)11-14-12(2)6-9-17-14/h6,9,13,15H,3-5,7-8,10-11H2,1-2H3. The SMILES string of the molecule is CCNCC1CCN(Cc2sccc2C)CC1. The minimum Gasteiger partial charge on any atom is -0.317 e. The van der Waals surface area contributed by atoms with Gasteiger partial charge < -0.3 is 5.32 Å². The lowest BCUT2D eigenvalue weighted by Crippen LogP contribution is -2.36. The number of aryl methyl sites for hydroxylation is 1. The Balaban J connectivity index is 1.74. The van der Waals surface area contributed by atoms with Gasteiger partial charge in [-0.3, -0.25) is 4.90 Å². The van der Waals surface area contributed by atoms with Crippen molar-refractivity contribution in [2.24, 2.45) is 5.92 Å². The highest BCUT2D eigenvalue weighted by molar-refractivity contribution is 7.10. The van der Waals surface area contributed by atoms with Crippen molar-refractivity contribution in [1.82, 2.24) is 10.2 Å². The van der Waals surface area contributed by atoms with Gasteiger partial charge in [0.05, 0.1) is 0 Å². The summed E-state index contributed by atoms with van der Waals surface area (Å²) in [6, 6.07) is 2.23. The van der Waals surface area contributed by atoms with Crippen LogP contribution in [0.4, 0.5) is 0 Å². The lowest BCUT2D eigenvalue weighted by atomic mass is 9.96. The molecule has 1 fully saturated rings. The molecule has 1 aliphatic heterocycles. The van der Waals surface area contributed by atoms with Crippen LogP contribution in [-0.2, 0) is 6.54 Å². The first-order valence-electron chi connectivity index (χ1n) is 6.75. The highest BCUT2D eigenvalue weighted by atomic mass is 32.1. The Kier molecular flexibility index (Phi) is 5.01. The van der Waals surface area contributed by atoms with Crippen molar-refractivity contribution in [3.63, 3.8) is 0 Å². The van der Waals surface area contributed by atoms with Crippen molar-refractivity contribution in [1.29, 1.82) is 0 Å². The zero-order chi connectivity index (χ0) is 12.1. The fourth-order valence-electron chi connectivity index (χ4n) is 2.47. The van der Waals surface area contributed by atoms with Gasteiger partial charge in [-0.15, -0.1) is 11.3 Å². The lowest BCUT2D eigenvalue weighted by Gasteiger charge is -2.31. The molecule has 2 heterocycles. The molecule has 17 heavy (non-hydrogen) atoms. The molecule has 0 radical (unpaired) electrons. The van der Waals surface area contributed by atoms with Crippen molar-refractivity contribution < 1.29 is 0 Å². The number of rotatable bonds is 5. The largest absolute Gasteiger partial charge is 0.317 e. The predicted octanol–water partition coefficient (Wildman–Crippen LogP) is 2.88. The number of nitrogens with zero attached hydrogens (tertiary/aromatic N) is 1. The Morgan fingerprint density at radius 1 is 1.41 bits per heavy atom. The van der Waals surface area contributed by atoms with E-state index < -0.39 is 0 Å². The molecule has 0 unspecified atom stereocenters. The first-order valence-corrected chi connectivity index (χ1v) is 7.63. The van der Waals surface area contributed by atoms with Crippen LogP contribution >= 0.6 is 11.3 Å². The van der Waals surface area contributed by atoms with Crippen LogP contribution in [-0.4, -0.2) is 31.1 Å². The minimum absolute atomic E-state index is 0.899. The van der Waals surface area contributed by atoms with E-state index in [4.69, 9.17) is 0 Å². The number of piperidine rings is 1. The average molecular weight is 252 g/mol. The summed E-state index contributed by atoms with van der Waals surface area (Å²) < 4.78 is 0. The van der Waals surface area contributed by atoms with Gasteiger partial charge in [-0.2, -0.15) is 0 Å². The molecule has 3 heteroatoms. The van der Waals surface area contributed by atoms with Crippen molar-refractivity contribution in [2.45, 2.75) is 33.2 Å². The van der Waals surface area contributed by atoms with Gasteiger partial charge in [-0.05, 0) is 68.9 Å². The summed E-state index contributed by atoms with van der Waals surface area (Å²) in [7, 11) is 0. The summed E-state index contributed by atoms with van der Waals surface area (Å²) in [5.41, 5.74) is 1.46. The van der Waals surface area contributed by atoms with Gasteiger partial charge in [0.25, 0.3) is 0 Å². The first kappa shape index (κ1) is 13.1. The monoisotopic (exact) mass is 252 g/mol. The Morgan fingerprint density at radius 2 is 2.18 bits per heavy atom. The fraction of sp³-hybridized carbons (Fsp3) is 0.714. The van der Waals surface area contributed by atoms with E-state index in [1.54, 1.807) is 4.88 Å². The summed E-state index contributed by atoms with van der Waals surface area (Å²) >= 11 is 1.90. The van der Waals surface area contributed by atoms with E-state index in [9.17, 15) is 0 Å². The van der Waals surface area contributed by atoms with Gasteiger partial charge in [0, 0.05) is 11.4 Å². The molecule has 0 amide bonds. The molecule has 1 aromatic heterocycles. The normalized spacial score (nSPS) is 18.7.